The maximum Gasteiger partial charge on any atom is 0.307 e. The molecule has 78 valence electrons. The highest BCUT2D eigenvalue weighted by Gasteiger charge is 2.15. The number of aromatic hydroxyl groups is 1. The maximum absolute atomic E-state index is 13.5. The van der Waals surface area contributed by atoms with E-state index in [2.05, 4.69) is 0 Å². The van der Waals surface area contributed by atoms with Crippen LogP contribution in [0.15, 0.2) is 17.5 Å². The summed E-state index contributed by atoms with van der Waals surface area (Å²) in [6.45, 7) is 0. The molecule has 0 bridgehead atoms. The highest BCUT2D eigenvalue weighted by Crippen LogP contribution is 2.34. The summed E-state index contributed by atoms with van der Waals surface area (Å²) in [5.41, 5.74) is 0.00546. The maximum atomic E-state index is 13.5. The van der Waals surface area contributed by atoms with Crippen LogP contribution in [0.25, 0.3) is 10.1 Å². The second kappa shape index (κ2) is 3.51. The Morgan fingerprint density at radius 3 is 2.93 bits per heavy atom. The highest BCUT2D eigenvalue weighted by atomic mass is 32.1. The van der Waals surface area contributed by atoms with Crippen molar-refractivity contribution in [1.82, 2.24) is 0 Å². The van der Waals surface area contributed by atoms with Crippen LogP contribution in [0.1, 0.15) is 5.56 Å². The van der Waals surface area contributed by atoms with Crippen molar-refractivity contribution in [2.45, 2.75) is 6.42 Å². The molecule has 2 N–H and O–H groups in total. The van der Waals surface area contributed by atoms with Crippen LogP contribution in [0.2, 0.25) is 0 Å². The summed E-state index contributed by atoms with van der Waals surface area (Å²) in [6, 6.07) is 3.17. The van der Waals surface area contributed by atoms with Gasteiger partial charge >= 0.3 is 5.97 Å². The minimum absolute atomic E-state index is 0.00546. The quantitative estimate of drug-likeness (QED) is 0.826. The number of fused-ring (bicyclic) bond motifs is 1. The van der Waals surface area contributed by atoms with Crippen LogP contribution in [-0.4, -0.2) is 16.2 Å². The number of benzene rings is 1. The second-order valence-electron chi connectivity index (χ2n) is 3.11. The lowest BCUT2D eigenvalue weighted by molar-refractivity contribution is -0.136. The first kappa shape index (κ1) is 9.92. The fourth-order valence-corrected chi connectivity index (χ4v) is 2.23. The topological polar surface area (TPSA) is 57.5 Å². The fraction of sp³-hybridized carbons (Fsp3) is 0.100. The molecule has 0 radical (unpaired) electrons. The Bertz CT molecular complexity index is 533. The minimum Gasteiger partial charge on any atom is -0.504 e. The molecule has 3 nitrogen and oxygen atoms in total. The van der Waals surface area contributed by atoms with Gasteiger partial charge in [0.15, 0.2) is 11.6 Å². The van der Waals surface area contributed by atoms with Crippen molar-refractivity contribution < 1.29 is 19.4 Å². The van der Waals surface area contributed by atoms with Gasteiger partial charge in [0, 0.05) is 5.56 Å². The van der Waals surface area contributed by atoms with E-state index in [0.717, 1.165) is 0 Å². The number of carbonyl (C=O) groups is 1. The fourth-order valence-electron chi connectivity index (χ4n) is 1.42. The lowest BCUT2D eigenvalue weighted by atomic mass is 10.1. The van der Waals surface area contributed by atoms with Crippen molar-refractivity contribution in [3.05, 3.63) is 28.9 Å². The molecular weight excluding hydrogens is 219 g/mol. The Balaban J connectivity index is 2.64. The zero-order valence-electron chi connectivity index (χ0n) is 7.53. The number of carboxylic acid groups (broad SMARTS) is 1. The zero-order valence-corrected chi connectivity index (χ0v) is 8.34. The molecule has 0 unspecified atom stereocenters. The van der Waals surface area contributed by atoms with Crippen molar-refractivity contribution >= 4 is 27.4 Å². The third kappa shape index (κ3) is 1.66. The Morgan fingerprint density at radius 2 is 2.27 bits per heavy atom. The van der Waals surface area contributed by atoms with Gasteiger partial charge in [-0.25, -0.2) is 4.39 Å². The number of thiophene rings is 1. The Morgan fingerprint density at radius 1 is 1.53 bits per heavy atom. The molecule has 0 atom stereocenters. The Labute approximate surface area is 88.4 Å². The van der Waals surface area contributed by atoms with Crippen LogP contribution in [0, 0.1) is 5.82 Å². The van der Waals surface area contributed by atoms with Crippen LogP contribution >= 0.6 is 11.3 Å². The van der Waals surface area contributed by atoms with Crippen molar-refractivity contribution in [2.75, 3.05) is 0 Å². The van der Waals surface area contributed by atoms with Crippen LogP contribution in [-0.2, 0) is 11.2 Å². The standard InChI is InChI=1S/C10H7FO3S/c11-8-6(4-7(12)13)3-5-1-2-15-10(5)9(8)14/h1-3,14H,4H2,(H,12,13). The molecular formula is C10H7FO3S. The first-order valence-electron chi connectivity index (χ1n) is 4.19. The summed E-state index contributed by atoms with van der Waals surface area (Å²) in [7, 11) is 0. The molecule has 1 aromatic carbocycles. The largest absolute Gasteiger partial charge is 0.504 e. The molecule has 0 aliphatic rings. The van der Waals surface area contributed by atoms with E-state index in [9.17, 15) is 14.3 Å². The van der Waals surface area contributed by atoms with Crippen molar-refractivity contribution in [2.24, 2.45) is 0 Å². The number of phenolic OH excluding ortho intramolecular Hbond substituents is 1. The van der Waals surface area contributed by atoms with E-state index in [1.54, 1.807) is 11.4 Å². The summed E-state index contributed by atoms with van der Waals surface area (Å²) in [5, 5.41) is 20.4. The average molecular weight is 226 g/mol. The number of hydrogen-bond acceptors (Lipinski definition) is 3. The second-order valence-corrected chi connectivity index (χ2v) is 4.02. The van der Waals surface area contributed by atoms with Crippen molar-refractivity contribution in [3.8, 4) is 5.75 Å². The zero-order chi connectivity index (χ0) is 11.0. The average Bonchev–Trinajstić information content (AvgIpc) is 2.61. The molecule has 0 spiro atoms. The number of hydrogen-bond donors (Lipinski definition) is 2. The van der Waals surface area contributed by atoms with Crippen LogP contribution in [0.5, 0.6) is 5.75 Å². The third-order valence-electron chi connectivity index (χ3n) is 2.07. The first-order chi connectivity index (χ1) is 7.09. The molecule has 1 heterocycles. The van der Waals surface area contributed by atoms with E-state index in [1.165, 1.54) is 17.4 Å². The summed E-state index contributed by atoms with van der Waals surface area (Å²) in [6.07, 6.45) is -0.425. The van der Waals surface area contributed by atoms with Crippen LogP contribution < -0.4 is 0 Å². The first-order valence-corrected chi connectivity index (χ1v) is 5.07. The van der Waals surface area contributed by atoms with Gasteiger partial charge in [-0.1, -0.05) is 0 Å². The molecule has 0 aliphatic heterocycles. The van der Waals surface area contributed by atoms with E-state index in [0.29, 0.717) is 10.1 Å². The summed E-state index contributed by atoms with van der Waals surface area (Å²) in [5.74, 6) is -2.42. The minimum atomic E-state index is -1.12. The number of phenols is 1. The molecule has 1 aromatic heterocycles. The lowest BCUT2D eigenvalue weighted by Gasteiger charge is -2.03. The van der Waals surface area contributed by atoms with E-state index in [4.69, 9.17) is 5.11 Å². The summed E-state index contributed by atoms with van der Waals surface area (Å²) < 4.78 is 13.9. The number of rotatable bonds is 2. The monoisotopic (exact) mass is 226 g/mol. The van der Waals surface area contributed by atoms with E-state index < -0.39 is 24.0 Å². The molecule has 0 fully saturated rings. The van der Waals surface area contributed by atoms with Gasteiger partial charge in [0.05, 0.1) is 11.1 Å². The van der Waals surface area contributed by atoms with E-state index in [-0.39, 0.29) is 5.56 Å². The smallest absolute Gasteiger partial charge is 0.307 e. The van der Waals surface area contributed by atoms with Crippen molar-refractivity contribution in [3.63, 3.8) is 0 Å². The van der Waals surface area contributed by atoms with Crippen LogP contribution in [0.4, 0.5) is 4.39 Å². The number of halogens is 1. The molecule has 0 saturated heterocycles. The van der Waals surface area contributed by atoms with Gasteiger partial charge in [0.2, 0.25) is 0 Å². The summed E-state index contributed by atoms with van der Waals surface area (Å²) >= 11 is 1.22. The lowest BCUT2D eigenvalue weighted by Crippen LogP contribution is -2.02. The molecule has 2 rings (SSSR count). The van der Waals surface area contributed by atoms with Crippen molar-refractivity contribution in [1.29, 1.82) is 0 Å². The Kier molecular flexibility index (Phi) is 2.32. The van der Waals surface area contributed by atoms with Gasteiger partial charge < -0.3 is 10.2 Å². The molecule has 0 amide bonds. The summed E-state index contributed by atoms with van der Waals surface area (Å²) in [4.78, 5) is 10.5. The van der Waals surface area contributed by atoms with Gasteiger partial charge in [-0.15, -0.1) is 11.3 Å². The van der Waals surface area contributed by atoms with E-state index in [1.807, 2.05) is 0 Å². The van der Waals surface area contributed by atoms with Gasteiger partial charge in [-0.3, -0.25) is 4.79 Å². The highest BCUT2D eigenvalue weighted by molar-refractivity contribution is 7.17. The molecule has 2 aromatic rings. The van der Waals surface area contributed by atoms with E-state index >= 15 is 0 Å². The van der Waals surface area contributed by atoms with Gasteiger partial charge in [0.1, 0.15) is 0 Å². The Hall–Kier alpha value is -1.62. The predicted molar refractivity (Wildman–Crippen MR) is 54.8 cm³/mol. The third-order valence-corrected chi connectivity index (χ3v) is 3.01. The molecule has 5 heteroatoms. The molecule has 15 heavy (non-hydrogen) atoms. The predicted octanol–water partition coefficient (Wildman–Crippen LogP) is 2.37. The van der Waals surface area contributed by atoms with Gasteiger partial charge in [0.25, 0.3) is 0 Å². The normalized spacial score (nSPS) is 10.7. The van der Waals surface area contributed by atoms with Crippen LogP contribution in [0.3, 0.4) is 0 Å². The molecule has 0 aliphatic carbocycles. The van der Waals surface area contributed by atoms with Gasteiger partial charge in [-0.05, 0) is 22.9 Å². The number of carboxylic acids is 1. The molecule has 0 saturated carbocycles. The SMILES string of the molecule is O=C(O)Cc1cc2ccsc2c(O)c1F. The number of aliphatic carboxylic acids is 1. The van der Waals surface area contributed by atoms with Gasteiger partial charge in [-0.2, -0.15) is 0 Å².